The number of amides is 1. The lowest BCUT2D eigenvalue weighted by Gasteiger charge is -2.03. The van der Waals surface area contributed by atoms with Crippen molar-refractivity contribution >= 4 is 17.7 Å². The minimum atomic E-state index is -0.608. The van der Waals surface area contributed by atoms with E-state index >= 15 is 0 Å². The lowest BCUT2D eigenvalue weighted by molar-refractivity contribution is 0.0997. The molecule has 0 aliphatic rings. The van der Waals surface area contributed by atoms with Gasteiger partial charge in [0.1, 0.15) is 5.75 Å². The van der Waals surface area contributed by atoms with Crippen molar-refractivity contribution in [2.45, 2.75) is 4.90 Å². The summed E-state index contributed by atoms with van der Waals surface area (Å²) in [7, 11) is 0. The summed E-state index contributed by atoms with van der Waals surface area (Å²) in [5.74, 6) is -0.638. The van der Waals surface area contributed by atoms with E-state index in [0.717, 1.165) is 0 Å². The van der Waals surface area contributed by atoms with Crippen molar-refractivity contribution in [1.29, 1.82) is 0 Å². The molecule has 3 nitrogen and oxygen atoms in total. The second kappa shape index (κ2) is 3.49. The molecule has 0 fully saturated rings. The lowest BCUT2D eigenvalue weighted by Crippen LogP contribution is -2.11. The van der Waals surface area contributed by atoms with E-state index in [1.54, 1.807) is 12.1 Å². The molecule has 0 aromatic heterocycles. The molecule has 4 heteroatoms. The Labute approximate surface area is 74.6 Å². The van der Waals surface area contributed by atoms with Crippen LogP contribution < -0.4 is 5.73 Å². The quantitative estimate of drug-likeness (QED) is 0.677. The Hall–Kier alpha value is -1.16. The molecule has 0 unspecified atom stereocenters. The van der Waals surface area contributed by atoms with E-state index in [1.165, 1.54) is 17.8 Å². The fraction of sp³-hybridized carbons (Fsp3) is 0.125. The van der Waals surface area contributed by atoms with Crippen LogP contribution in [0.5, 0.6) is 5.75 Å². The summed E-state index contributed by atoms with van der Waals surface area (Å²) in [6, 6.07) is 4.91. The number of aromatic hydroxyl groups is 1. The molecule has 0 spiro atoms. The molecule has 0 bridgehead atoms. The Morgan fingerprint density at radius 3 is 2.75 bits per heavy atom. The summed E-state index contributed by atoms with van der Waals surface area (Å²) < 4.78 is 0. The number of benzene rings is 1. The maximum Gasteiger partial charge on any atom is 0.252 e. The lowest BCUT2D eigenvalue weighted by atomic mass is 10.2. The van der Waals surface area contributed by atoms with Crippen molar-refractivity contribution in [1.82, 2.24) is 0 Å². The van der Waals surface area contributed by atoms with Crippen molar-refractivity contribution in [3.63, 3.8) is 0 Å². The van der Waals surface area contributed by atoms with Crippen molar-refractivity contribution in [3.8, 4) is 5.75 Å². The van der Waals surface area contributed by atoms with Crippen molar-refractivity contribution in [3.05, 3.63) is 23.8 Å². The Kier molecular flexibility index (Phi) is 2.60. The van der Waals surface area contributed by atoms with Gasteiger partial charge in [0.25, 0.3) is 5.91 Å². The summed E-state index contributed by atoms with van der Waals surface area (Å²) >= 11 is 1.37. The zero-order valence-corrected chi connectivity index (χ0v) is 7.39. The minimum absolute atomic E-state index is 0.0301. The van der Waals surface area contributed by atoms with Gasteiger partial charge in [0.15, 0.2) is 0 Å². The molecule has 0 heterocycles. The largest absolute Gasteiger partial charge is 0.506 e. The summed E-state index contributed by atoms with van der Waals surface area (Å²) in [4.78, 5) is 11.4. The second-order valence-electron chi connectivity index (χ2n) is 2.22. The van der Waals surface area contributed by atoms with Crippen LogP contribution in [0.4, 0.5) is 0 Å². The van der Waals surface area contributed by atoms with Gasteiger partial charge in [0.05, 0.1) is 5.56 Å². The van der Waals surface area contributed by atoms with Gasteiger partial charge < -0.3 is 10.8 Å². The van der Waals surface area contributed by atoms with Gasteiger partial charge in [0, 0.05) is 4.90 Å². The normalized spacial score (nSPS) is 9.75. The van der Waals surface area contributed by atoms with E-state index < -0.39 is 5.91 Å². The summed E-state index contributed by atoms with van der Waals surface area (Å²) in [5, 5.41) is 9.44. The average molecular weight is 183 g/mol. The molecule has 1 aromatic carbocycles. The van der Waals surface area contributed by atoms with Gasteiger partial charge in [-0.05, 0) is 18.4 Å². The molecular weight excluding hydrogens is 174 g/mol. The van der Waals surface area contributed by atoms with Crippen LogP contribution in [0.3, 0.4) is 0 Å². The number of phenols is 1. The van der Waals surface area contributed by atoms with E-state index in [2.05, 4.69) is 0 Å². The van der Waals surface area contributed by atoms with Crippen LogP contribution >= 0.6 is 11.8 Å². The Bertz CT molecular complexity index is 312. The third-order valence-corrected chi connectivity index (χ3v) is 2.25. The molecule has 64 valence electrons. The maximum atomic E-state index is 10.7. The zero-order valence-electron chi connectivity index (χ0n) is 6.57. The molecule has 1 aromatic rings. The number of nitrogens with two attached hydrogens (primary N) is 1. The molecular formula is C8H9NO2S. The maximum absolute atomic E-state index is 10.7. The summed E-state index contributed by atoms with van der Waals surface area (Å²) in [5.41, 5.74) is 5.20. The highest BCUT2D eigenvalue weighted by molar-refractivity contribution is 7.98. The van der Waals surface area contributed by atoms with Gasteiger partial charge in [-0.1, -0.05) is 6.07 Å². The van der Waals surface area contributed by atoms with Crippen LogP contribution in [0.2, 0.25) is 0 Å². The molecule has 0 aliphatic carbocycles. The Morgan fingerprint density at radius 1 is 1.58 bits per heavy atom. The van der Waals surface area contributed by atoms with Gasteiger partial charge >= 0.3 is 0 Å². The smallest absolute Gasteiger partial charge is 0.252 e. The highest BCUT2D eigenvalue weighted by Crippen LogP contribution is 2.29. The SMILES string of the molecule is CSc1cccc(C(N)=O)c1O. The highest BCUT2D eigenvalue weighted by Gasteiger charge is 2.09. The van der Waals surface area contributed by atoms with Crippen molar-refractivity contribution in [2.24, 2.45) is 5.73 Å². The summed E-state index contributed by atoms with van der Waals surface area (Å²) in [6.45, 7) is 0. The molecule has 1 rings (SSSR count). The topological polar surface area (TPSA) is 63.3 Å². The predicted octanol–water partition coefficient (Wildman–Crippen LogP) is 1.21. The van der Waals surface area contributed by atoms with Crippen LogP contribution in [-0.2, 0) is 0 Å². The first kappa shape index (κ1) is 8.93. The van der Waals surface area contributed by atoms with Gasteiger partial charge in [-0.15, -0.1) is 11.8 Å². The molecule has 0 aliphatic heterocycles. The van der Waals surface area contributed by atoms with Gasteiger partial charge in [-0.3, -0.25) is 4.79 Å². The Balaban J connectivity index is 3.23. The van der Waals surface area contributed by atoms with Gasteiger partial charge in [0.2, 0.25) is 0 Å². The number of carbonyl (C=O) groups excluding carboxylic acids is 1. The third kappa shape index (κ3) is 1.53. The molecule has 0 saturated carbocycles. The monoisotopic (exact) mass is 183 g/mol. The number of carbonyl (C=O) groups is 1. The van der Waals surface area contributed by atoms with E-state index in [4.69, 9.17) is 5.73 Å². The minimum Gasteiger partial charge on any atom is -0.506 e. The van der Waals surface area contributed by atoms with E-state index in [0.29, 0.717) is 4.90 Å². The number of hydrogen-bond donors (Lipinski definition) is 2. The van der Waals surface area contributed by atoms with E-state index in [1.807, 2.05) is 6.26 Å². The van der Waals surface area contributed by atoms with E-state index in [-0.39, 0.29) is 11.3 Å². The van der Waals surface area contributed by atoms with Gasteiger partial charge in [-0.2, -0.15) is 0 Å². The van der Waals surface area contributed by atoms with E-state index in [9.17, 15) is 9.90 Å². The van der Waals surface area contributed by atoms with Crippen LogP contribution in [0, 0.1) is 0 Å². The molecule has 12 heavy (non-hydrogen) atoms. The zero-order chi connectivity index (χ0) is 9.14. The molecule has 0 atom stereocenters. The predicted molar refractivity (Wildman–Crippen MR) is 48.4 cm³/mol. The molecule has 0 radical (unpaired) electrons. The first-order valence-electron chi connectivity index (χ1n) is 3.32. The molecule has 1 amide bonds. The number of primary amides is 1. The van der Waals surface area contributed by atoms with Gasteiger partial charge in [-0.25, -0.2) is 0 Å². The fourth-order valence-electron chi connectivity index (χ4n) is 0.886. The standard InChI is InChI=1S/C8H9NO2S/c1-12-6-4-2-3-5(7(6)10)8(9)11/h2-4,10H,1H3,(H2,9,11). The average Bonchev–Trinajstić information content (AvgIpc) is 2.04. The summed E-state index contributed by atoms with van der Waals surface area (Å²) in [6.07, 6.45) is 1.82. The highest BCUT2D eigenvalue weighted by atomic mass is 32.2. The number of rotatable bonds is 2. The second-order valence-corrected chi connectivity index (χ2v) is 3.07. The van der Waals surface area contributed by atoms with Crippen molar-refractivity contribution in [2.75, 3.05) is 6.26 Å². The fourth-order valence-corrected chi connectivity index (χ4v) is 1.40. The molecule has 3 N–H and O–H groups in total. The first-order chi connectivity index (χ1) is 5.66. The van der Waals surface area contributed by atoms with Crippen LogP contribution in [0.25, 0.3) is 0 Å². The first-order valence-corrected chi connectivity index (χ1v) is 4.55. The van der Waals surface area contributed by atoms with Crippen LogP contribution in [0.15, 0.2) is 23.1 Å². The van der Waals surface area contributed by atoms with Crippen molar-refractivity contribution < 1.29 is 9.90 Å². The Morgan fingerprint density at radius 2 is 2.25 bits per heavy atom. The third-order valence-electron chi connectivity index (χ3n) is 1.48. The number of hydrogen-bond acceptors (Lipinski definition) is 3. The number of para-hydroxylation sites is 1. The van der Waals surface area contributed by atoms with Crippen LogP contribution in [0.1, 0.15) is 10.4 Å². The number of thioether (sulfide) groups is 1. The molecule has 0 saturated heterocycles. The van der Waals surface area contributed by atoms with Crippen LogP contribution in [-0.4, -0.2) is 17.3 Å².